The zero-order valence-corrected chi connectivity index (χ0v) is 13.2. The maximum atomic E-state index is 12.0. The summed E-state index contributed by atoms with van der Waals surface area (Å²) >= 11 is 0. The summed E-state index contributed by atoms with van der Waals surface area (Å²) in [5.74, 6) is 0.916. The average molecular weight is 262 g/mol. The standard InChI is InChI=1S/C18H30O/c1-15(13-17(19)14-18(2,3)4)12-16-10-8-6-5-7-9-11-16/h8,10,12,16H,5-7,9,11,13-14H2,1-4H3/b10-8?,15-12+. The molecule has 0 spiro atoms. The zero-order valence-electron chi connectivity index (χ0n) is 13.2. The van der Waals surface area contributed by atoms with Crippen molar-refractivity contribution in [2.45, 2.75) is 72.6 Å². The molecule has 0 radical (unpaired) electrons. The zero-order chi connectivity index (χ0) is 14.3. The molecule has 1 unspecified atom stereocenters. The summed E-state index contributed by atoms with van der Waals surface area (Å²) in [6.45, 7) is 8.48. The fourth-order valence-electron chi connectivity index (χ4n) is 2.71. The van der Waals surface area contributed by atoms with E-state index in [2.05, 4.69) is 45.9 Å². The molecule has 0 amide bonds. The molecule has 1 atom stereocenters. The number of carbonyl (C=O) groups is 1. The highest BCUT2D eigenvalue weighted by Crippen LogP contribution is 2.23. The minimum absolute atomic E-state index is 0.109. The Labute approximate surface area is 119 Å². The Balaban J connectivity index is 2.50. The van der Waals surface area contributed by atoms with Crippen LogP contribution in [0.4, 0.5) is 0 Å². The highest BCUT2D eigenvalue weighted by atomic mass is 16.1. The van der Waals surface area contributed by atoms with E-state index in [0.717, 1.165) is 0 Å². The number of carbonyl (C=O) groups excluding carboxylic acids is 1. The fraction of sp³-hybridized carbons (Fsp3) is 0.722. The van der Waals surface area contributed by atoms with Crippen molar-refractivity contribution in [3.8, 4) is 0 Å². The maximum Gasteiger partial charge on any atom is 0.137 e. The summed E-state index contributed by atoms with van der Waals surface area (Å²) in [6.07, 6.45) is 14.7. The van der Waals surface area contributed by atoms with Gasteiger partial charge in [-0.3, -0.25) is 4.79 Å². The lowest BCUT2D eigenvalue weighted by Gasteiger charge is -2.17. The number of hydrogen-bond acceptors (Lipinski definition) is 1. The molecule has 0 heterocycles. The Bertz CT molecular complexity index is 341. The number of rotatable bonds is 4. The third-order valence-electron chi connectivity index (χ3n) is 3.49. The molecule has 0 saturated heterocycles. The van der Waals surface area contributed by atoms with E-state index in [1.807, 2.05) is 0 Å². The molecule has 1 heteroatoms. The number of ketones is 1. The van der Waals surface area contributed by atoms with Gasteiger partial charge in [0.15, 0.2) is 0 Å². The van der Waals surface area contributed by atoms with Gasteiger partial charge in [-0.15, -0.1) is 0 Å². The monoisotopic (exact) mass is 262 g/mol. The van der Waals surface area contributed by atoms with Gasteiger partial charge in [0.25, 0.3) is 0 Å². The summed E-state index contributed by atoms with van der Waals surface area (Å²) in [7, 11) is 0. The van der Waals surface area contributed by atoms with E-state index in [1.165, 1.54) is 37.7 Å². The summed E-state index contributed by atoms with van der Waals surface area (Å²) in [5.41, 5.74) is 1.35. The lowest BCUT2D eigenvalue weighted by atomic mass is 9.87. The van der Waals surface area contributed by atoms with Gasteiger partial charge in [-0.25, -0.2) is 0 Å². The van der Waals surface area contributed by atoms with Gasteiger partial charge in [-0.2, -0.15) is 0 Å². The normalized spacial score (nSPS) is 21.9. The van der Waals surface area contributed by atoms with E-state index in [9.17, 15) is 4.79 Å². The SMILES string of the molecule is C/C(=C\C1C=CCCCCC1)CC(=O)CC(C)(C)C. The third-order valence-corrected chi connectivity index (χ3v) is 3.49. The molecule has 1 rings (SSSR count). The molecule has 0 fully saturated rings. The predicted octanol–water partition coefficient (Wildman–Crippen LogP) is 5.46. The second kappa shape index (κ2) is 7.67. The van der Waals surface area contributed by atoms with Gasteiger partial charge in [0, 0.05) is 12.8 Å². The van der Waals surface area contributed by atoms with Crippen LogP contribution in [0.25, 0.3) is 0 Å². The molecule has 0 aromatic heterocycles. The molecular weight excluding hydrogens is 232 g/mol. The molecule has 0 bridgehead atoms. The van der Waals surface area contributed by atoms with Crippen molar-refractivity contribution in [2.75, 3.05) is 0 Å². The van der Waals surface area contributed by atoms with Gasteiger partial charge in [-0.05, 0) is 37.5 Å². The highest BCUT2D eigenvalue weighted by Gasteiger charge is 2.16. The highest BCUT2D eigenvalue weighted by molar-refractivity contribution is 5.81. The van der Waals surface area contributed by atoms with Gasteiger partial charge >= 0.3 is 0 Å². The Morgan fingerprint density at radius 3 is 2.68 bits per heavy atom. The molecule has 1 nitrogen and oxygen atoms in total. The lowest BCUT2D eigenvalue weighted by molar-refractivity contribution is -0.120. The van der Waals surface area contributed by atoms with Crippen LogP contribution in [0.1, 0.15) is 72.6 Å². The van der Waals surface area contributed by atoms with Crippen molar-refractivity contribution in [2.24, 2.45) is 11.3 Å². The molecule has 0 saturated carbocycles. The van der Waals surface area contributed by atoms with Crippen molar-refractivity contribution in [1.29, 1.82) is 0 Å². The van der Waals surface area contributed by atoms with Crippen LogP contribution in [0.15, 0.2) is 23.8 Å². The maximum absolute atomic E-state index is 12.0. The fourth-order valence-corrected chi connectivity index (χ4v) is 2.71. The summed E-state index contributed by atoms with van der Waals surface area (Å²) < 4.78 is 0. The third kappa shape index (κ3) is 8.02. The van der Waals surface area contributed by atoms with Gasteiger partial charge in [0.05, 0.1) is 0 Å². The number of allylic oxidation sites excluding steroid dienone is 4. The molecule has 19 heavy (non-hydrogen) atoms. The summed E-state index contributed by atoms with van der Waals surface area (Å²) in [4.78, 5) is 12.0. The smallest absolute Gasteiger partial charge is 0.137 e. The molecule has 0 aromatic carbocycles. The Morgan fingerprint density at radius 1 is 1.26 bits per heavy atom. The minimum atomic E-state index is 0.109. The van der Waals surface area contributed by atoms with Gasteiger partial charge in [-0.1, -0.05) is 57.4 Å². The van der Waals surface area contributed by atoms with E-state index < -0.39 is 0 Å². The topological polar surface area (TPSA) is 17.1 Å². The van der Waals surface area contributed by atoms with Crippen molar-refractivity contribution in [3.05, 3.63) is 23.8 Å². The average Bonchev–Trinajstić information content (AvgIpc) is 2.18. The second-order valence-corrected chi connectivity index (χ2v) is 7.20. The largest absolute Gasteiger partial charge is 0.299 e. The van der Waals surface area contributed by atoms with E-state index in [0.29, 0.717) is 24.5 Å². The minimum Gasteiger partial charge on any atom is -0.299 e. The first kappa shape index (κ1) is 16.2. The van der Waals surface area contributed by atoms with E-state index in [1.54, 1.807) is 0 Å². The van der Waals surface area contributed by atoms with Gasteiger partial charge < -0.3 is 0 Å². The molecule has 0 N–H and O–H groups in total. The Morgan fingerprint density at radius 2 is 2.00 bits per heavy atom. The first-order chi connectivity index (χ1) is 8.87. The van der Waals surface area contributed by atoms with E-state index >= 15 is 0 Å². The molecule has 0 aliphatic heterocycles. The van der Waals surface area contributed by atoms with Crippen LogP contribution in [-0.2, 0) is 4.79 Å². The van der Waals surface area contributed by atoms with Crippen LogP contribution in [-0.4, -0.2) is 5.78 Å². The van der Waals surface area contributed by atoms with Crippen molar-refractivity contribution >= 4 is 5.78 Å². The second-order valence-electron chi connectivity index (χ2n) is 7.20. The predicted molar refractivity (Wildman–Crippen MR) is 83.2 cm³/mol. The van der Waals surface area contributed by atoms with Crippen molar-refractivity contribution in [1.82, 2.24) is 0 Å². The summed E-state index contributed by atoms with van der Waals surface area (Å²) in [6, 6.07) is 0. The van der Waals surface area contributed by atoms with Crippen molar-refractivity contribution < 1.29 is 4.79 Å². The van der Waals surface area contributed by atoms with Crippen LogP contribution < -0.4 is 0 Å². The van der Waals surface area contributed by atoms with Crippen LogP contribution in [0.5, 0.6) is 0 Å². The van der Waals surface area contributed by atoms with Crippen LogP contribution >= 0.6 is 0 Å². The van der Waals surface area contributed by atoms with Crippen molar-refractivity contribution in [3.63, 3.8) is 0 Å². The molecular formula is C18H30O. The van der Waals surface area contributed by atoms with Crippen LogP contribution in [0, 0.1) is 11.3 Å². The number of Topliss-reactive ketones (excluding diaryl/α,β-unsaturated/α-hetero) is 1. The van der Waals surface area contributed by atoms with Crippen LogP contribution in [0.2, 0.25) is 0 Å². The lowest BCUT2D eigenvalue weighted by Crippen LogP contribution is -2.13. The van der Waals surface area contributed by atoms with E-state index in [4.69, 9.17) is 0 Å². The van der Waals surface area contributed by atoms with Crippen LogP contribution in [0.3, 0.4) is 0 Å². The molecule has 0 aromatic rings. The summed E-state index contributed by atoms with van der Waals surface area (Å²) in [5, 5.41) is 0. The molecule has 108 valence electrons. The van der Waals surface area contributed by atoms with E-state index in [-0.39, 0.29) is 5.41 Å². The first-order valence-electron chi connectivity index (χ1n) is 7.72. The van der Waals surface area contributed by atoms with Gasteiger partial charge in [0.1, 0.15) is 5.78 Å². The van der Waals surface area contributed by atoms with Gasteiger partial charge in [0.2, 0.25) is 0 Å². The Kier molecular flexibility index (Phi) is 6.54. The first-order valence-corrected chi connectivity index (χ1v) is 7.72. The molecule has 1 aliphatic carbocycles. The number of hydrogen-bond donors (Lipinski definition) is 0. The Hall–Kier alpha value is -0.850. The molecule has 1 aliphatic rings. The quantitative estimate of drug-likeness (QED) is 0.614.